The van der Waals surface area contributed by atoms with Crippen molar-refractivity contribution < 1.29 is 14.5 Å². The number of hydrogen-bond acceptors (Lipinski definition) is 4. The molecule has 0 saturated heterocycles. The lowest BCUT2D eigenvalue weighted by atomic mass is 10.1. The van der Waals surface area contributed by atoms with Crippen LogP contribution >= 0.6 is 0 Å². The SMILES string of the molecule is Cc1c(COC(=O)C2CC2)cccc1[N+](=O)[O-]. The lowest BCUT2D eigenvalue weighted by Gasteiger charge is -2.07. The topological polar surface area (TPSA) is 69.4 Å². The fraction of sp³-hybridized carbons (Fsp3) is 0.417. The zero-order valence-corrected chi connectivity index (χ0v) is 9.51. The second-order valence-electron chi connectivity index (χ2n) is 4.20. The third-order valence-electron chi connectivity index (χ3n) is 2.89. The van der Waals surface area contributed by atoms with Crippen molar-refractivity contribution in [2.75, 3.05) is 0 Å². The molecule has 5 heteroatoms. The van der Waals surface area contributed by atoms with E-state index in [0.29, 0.717) is 11.1 Å². The standard InChI is InChI=1S/C12H13NO4/c1-8-10(3-2-4-11(8)13(15)16)7-17-12(14)9-5-6-9/h2-4,9H,5-7H2,1H3. The third-order valence-corrected chi connectivity index (χ3v) is 2.89. The van der Waals surface area contributed by atoms with Crippen molar-refractivity contribution in [2.45, 2.75) is 26.4 Å². The Labute approximate surface area is 98.5 Å². The summed E-state index contributed by atoms with van der Waals surface area (Å²) >= 11 is 0. The van der Waals surface area contributed by atoms with Crippen LogP contribution in [0, 0.1) is 23.0 Å². The molecule has 0 aliphatic heterocycles. The Morgan fingerprint density at radius 2 is 2.24 bits per heavy atom. The van der Waals surface area contributed by atoms with Crippen LogP contribution in [0.15, 0.2) is 18.2 Å². The molecule has 0 radical (unpaired) electrons. The average molecular weight is 235 g/mol. The van der Waals surface area contributed by atoms with Crippen molar-refractivity contribution in [1.29, 1.82) is 0 Å². The number of carbonyl (C=O) groups excluding carboxylic acids is 1. The van der Waals surface area contributed by atoms with Gasteiger partial charge in [-0.2, -0.15) is 0 Å². The smallest absolute Gasteiger partial charge is 0.309 e. The first kappa shape index (κ1) is 11.6. The van der Waals surface area contributed by atoms with Crippen molar-refractivity contribution in [3.63, 3.8) is 0 Å². The summed E-state index contributed by atoms with van der Waals surface area (Å²) in [4.78, 5) is 21.7. The summed E-state index contributed by atoms with van der Waals surface area (Å²) in [6.45, 7) is 1.78. The number of hydrogen-bond donors (Lipinski definition) is 0. The van der Waals surface area contributed by atoms with Crippen LogP contribution < -0.4 is 0 Å². The van der Waals surface area contributed by atoms with Crippen LogP contribution in [-0.2, 0) is 16.1 Å². The van der Waals surface area contributed by atoms with Gasteiger partial charge in [-0.15, -0.1) is 0 Å². The van der Waals surface area contributed by atoms with Crippen molar-refractivity contribution in [3.8, 4) is 0 Å². The van der Waals surface area contributed by atoms with Gasteiger partial charge < -0.3 is 4.74 Å². The summed E-state index contributed by atoms with van der Waals surface area (Å²) < 4.78 is 5.11. The summed E-state index contributed by atoms with van der Waals surface area (Å²) in [5.41, 5.74) is 1.30. The quantitative estimate of drug-likeness (QED) is 0.456. The van der Waals surface area contributed by atoms with Gasteiger partial charge >= 0.3 is 5.97 Å². The van der Waals surface area contributed by atoms with E-state index in [0.717, 1.165) is 12.8 Å². The maximum absolute atomic E-state index is 11.4. The van der Waals surface area contributed by atoms with E-state index in [-0.39, 0.29) is 24.2 Å². The third kappa shape index (κ3) is 2.61. The van der Waals surface area contributed by atoms with Gasteiger partial charge in [-0.05, 0) is 25.3 Å². The number of nitrogens with zero attached hydrogens (tertiary/aromatic N) is 1. The molecule has 1 aromatic carbocycles. The van der Waals surface area contributed by atoms with E-state index >= 15 is 0 Å². The van der Waals surface area contributed by atoms with E-state index in [2.05, 4.69) is 0 Å². The van der Waals surface area contributed by atoms with Gasteiger partial charge in [0.25, 0.3) is 5.69 Å². The molecular weight excluding hydrogens is 222 g/mol. The average Bonchev–Trinajstić information content (AvgIpc) is 3.10. The molecule has 0 N–H and O–H groups in total. The van der Waals surface area contributed by atoms with E-state index in [9.17, 15) is 14.9 Å². The van der Waals surface area contributed by atoms with Crippen LogP contribution in [0.2, 0.25) is 0 Å². The maximum atomic E-state index is 11.4. The largest absolute Gasteiger partial charge is 0.461 e. The fourth-order valence-corrected chi connectivity index (χ4v) is 1.61. The minimum Gasteiger partial charge on any atom is -0.461 e. The summed E-state index contributed by atoms with van der Waals surface area (Å²) in [7, 11) is 0. The monoisotopic (exact) mass is 235 g/mol. The Morgan fingerprint density at radius 1 is 1.53 bits per heavy atom. The molecule has 0 atom stereocenters. The van der Waals surface area contributed by atoms with E-state index in [1.807, 2.05) is 0 Å². The molecular formula is C12H13NO4. The zero-order chi connectivity index (χ0) is 12.4. The number of carbonyl (C=O) groups is 1. The van der Waals surface area contributed by atoms with Crippen LogP contribution in [0.3, 0.4) is 0 Å². The van der Waals surface area contributed by atoms with Crippen molar-refractivity contribution in [2.24, 2.45) is 5.92 Å². The Kier molecular flexibility index (Phi) is 3.08. The highest BCUT2D eigenvalue weighted by Crippen LogP contribution is 2.30. The van der Waals surface area contributed by atoms with Crippen molar-refractivity contribution >= 4 is 11.7 Å². The van der Waals surface area contributed by atoms with Gasteiger partial charge in [-0.1, -0.05) is 12.1 Å². The van der Waals surface area contributed by atoms with Gasteiger partial charge in [0.05, 0.1) is 10.8 Å². The maximum Gasteiger partial charge on any atom is 0.309 e. The number of ether oxygens (including phenoxy) is 1. The van der Waals surface area contributed by atoms with Gasteiger partial charge in [0.2, 0.25) is 0 Å². The van der Waals surface area contributed by atoms with Crippen molar-refractivity contribution in [3.05, 3.63) is 39.4 Å². The Morgan fingerprint density at radius 3 is 2.82 bits per heavy atom. The molecule has 90 valence electrons. The minimum atomic E-state index is -0.429. The van der Waals surface area contributed by atoms with E-state index < -0.39 is 4.92 Å². The van der Waals surface area contributed by atoms with Gasteiger partial charge in [-0.3, -0.25) is 14.9 Å². The normalized spacial score (nSPS) is 14.4. The number of nitro groups is 1. The molecule has 0 heterocycles. The molecule has 1 fully saturated rings. The molecule has 0 aromatic heterocycles. The molecule has 0 bridgehead atoms. The highest BCUT2D eigenvalue weighted by molar-refractivity contribution is 5.74. The van der Waals surface area contributed by atoms with Gasteiger partial charge in [0, 0.05) is 11.6 Å². The predicted molar refractivity (Wildman–Crippen MR) is 60.4 cm³/mol. The number of esters is 1. The molecule has 1 aromatic rings. The van der Waals surface area contributed by atoms with Crippen molar-refractivity contribution in [1.82, 2.24) is 0 Å². The van der Waals surface area contributed by atoms with Crippen LogP contribution in [0.4, 0.5) is 5.69 Å². The highest BCUT2D eigenvalue weighted by Gasteiger charge is 2.31. The summed E-state index contributed by atoms with van der Waals surface area (Å²) in [6, 6.07) is 4.79. The summed E-state index contributed by atoms with van der Waals surface area (Å²) in [5.74, 6) is -0.148. The molecule has 0 spiro atoms. The van der Waals surface area contributed by atoms with Crippen LogP contribution in [0.5, 0.6) is 0 Å². The molecule has 5 nitrogen and oxygen atoms in total. The molecule has 17 heavy (non-hydrogen) atoms. The molecule has 0 amide bonds. The first-order valence-electron chi connectivity index (χ1n) is 5.49. The van der Waals surface area contributed by atoms with Crippen LogP contribution in [-0.4, -0.2) is 10.9 Å². The van der Waals surface area contributed by atoms with Crippen LogP contribution in [0.25, 0.3) is 0 Å². The zero-order valence-electron chi connectivity index (χ0n) is 9.51. The summed E-state index contributed by atoms with van der Waals surface area (Å²) in [5, 5.41) is 10.7. The summed E-state index contributed by atoms with van der Waals surface area (Å²) in [6.07, 6.45) is 1.79. The first-order chi connectivity index (χ1) is 8.09. The van der Waals surface area contributed by atoms with E-state index in [1.54, 1.807) is 19.1 Å². The number of nitro benzene ring substituents is 1. The molecule has 0 unspecified atom stereocenters. The second kappa shape index (κ2) is 4.53. The number of benzene rings is 1. The molecule has 2 rings (SSSR count). The van der Waals surface area contributed by atoms with Crippen LogP contribution in [0.1, 0.15) is 24.0 Å². The second-order valence-corrected chi connectivity index (χ2v) is 4.20. The highest BCUT2D eigenvalue weighted by atomic mass is 16.6. The first-order valence-corrected chi connectivity index (χ1v) is 5.49. The Hall–Kier alpha value is -1.91. The van der Waals surface area contributed by atoms with E-state index in [1.165, 1.54) is 6.07 Å². The molecule has 1 aliphatic carbocycles. The number of rotatable bonds is 4. The van der Waals surface area contributed by atoms with E-state index in [4.69, 9.17) is 4.74 Å². The minimum absolute atomic E-state index is 0.0500. The lowest BCUT2D eigenvalue weighted by molar-refractivity contribution is -0.385. The Bertz CT molecular complexity index is 466. The fourth-order valence-electron chi connectivity index (χ4n) is 1.61. The molecule has 1 aliphatic rings. The molecule has 1 saturated carbocycles. The van der Waals surface area contributed by atoms with Gasteiger partial charge in [0.1, 0.15) is 6.61 Å². The van der Waals surface area contributed by atoms with Gasteiger partial charge in [0.15, 0.2) is 0 Å². The Balaban J connectivity index is 2.07. The van der Waals surface area contributed by atoms with Gasteiger partial charge in [-0.25, -0.2) is 0 Å². The predicted octanol–water partition coefficient (Wildman–Crippen LogP) is 2.36. The lowest BCUT2D eigenvalue weighted by Crippen LogP contribution is -2.07.